The van der Waals surface area contributed by atoms with E-state index in [2.05, 4.69) is 265 Å². The van der Waals surface area contributed by atoms with Crippen molar-refractivity contribution >= 4 is 88.0 Å². The number of rotatable bonds is 8. The highest BCUT2D eigenvalue weighted by atomic mass is 15.1. The van der Waals surface area contributed by atoms with Crippen LogP contribution in [-0.2, 0) is 0 Å². The molecule has 0 radical (unpaired) electrons. The lowest BCUT2D eigenvalue weighted by molar-refractivity contribution is 1.29. The molecule has 0 N–H and O–H groups in total. The lowest BCUT2D eigenvalue weighted by Crippen LogP contribution is -2.10. The number of hydrogen-bond donors (Lipinski definition) is 0. The molecule has 2 nitrogen and oxygen atoms in total. The third-order valence-electron chi connectivity index (χ3n) is 12.8. The zero-order valence-corrected chi connectivity index (χ0v) is 35.1. The van der Waals surface area contributed by atoms with Crippen LogP contribution in [0.15, 0.2) is 255 Å². The molecule has 0 spiro atoms. The molecule has 0 aliphatic rings. The summed E-state index contributed by atoms with van der Waals surface area (Å²) in [5.41, 5.74) is 11.5. The predicted octanol–water partition coefficient (Wildman–Crippen LogP) is 17.7. The first-order valence-corrected chi connectivity index (χ1v) is 22.0. The Hall–Kier alpha value is -8.46. The van der Waals surface area contributed by atoms with Gasteiger partial charge >= 0.3 is 0 Å². The van der Waals surface area contributed by atoms with Gasteiger partial charge in [0.25, 0.3) is 0 Å². The highest BCUT2D eigenvalue weighted by Crippen LogP contribution is 2.50. The Bertz CT molecular complexity index is 3620. The van der Waals surface area contributed by atoms with E-state index in [1.54, 1.807) is 0 Å². The molecule has 12 aromatic rings. The van der Waals surface area contributed by atoms with E-state index in [1.165, 1.54) is 76.1 Å². The monoisotopic (exact) mass is 814 g/mol. The van der Waals surface area contributed by atoms with Gasteiger partial charge in [0.1, 0.15) is 0 Å². The van der Waals surface area contributed by atoms with E-state index in [-0.39, 0.29) is 0 Å². The van der Waals surface area contributed by atoms with Crippen molar-refractivity contribution in [2.24, 2.45) is 0 Å². The van der Waals surface area contributed by atoms with Crippen molar-refractivity contribution in [3.05, 3.63) is 255 Å². The van der Waals surface area contributed by atoms with Crippen LogP contribution in [0.4, 0.5) is 34.1 Å². The van der Waals surface area contributed by atoms with Gasteiger partial charge in [-0.25, -0.2) is 0 Å². The fraction of sp³-hybridized carbons (Fsp3) is 0. The van der Waals surface area contributed by atoms with Crippen LogP contribution in [0.2, 0.25) is 0 Å². The fourth-order valence-electron chi connectivity index (χ4n) is 9.96. The molecule has 0 unspecified atom stereocenters. The van der Waals surface area contributed by atoms with E-state index in [9.17, 15) is 0 Å². The molecule has 2 heteroatoms. The van der Waals surface area contributed by atoms with Gasteiger partial charge in [-0.15, -0.1) is 0 Å². The second-order valence-corrected chi connectivity index (χ2v) is 16.4. The van der Waals surface area contributed by atoms with Gasteiger partial charge in [-0.05, 0) is 137 Å². The van der Waals surface area contributed by atoms with Crippen LogP contribution in [0.3, 0.4) is 0 Å². The van der Waals surface area contributed by atoms with Crippen LogP contribution in [-0.4, -0.2) is 0 Å². The number of para-hydroxylation sites is 3. The zero-order valence-electron chi connectivity index (χ0n) is 35.1. The summed E-state index contributed by atoms with van der Waals surface area (Å²) < 4.78 is 0. The smallest absolute Gasteiger partial charge is 0.0540 e. The van der Waals surface area contributed by atoms with Crippen LogP contribution in [0.5, 0.6) is 0 Å². The average molecular weight is 815 g/mol. The molecular formula is C62H42N2. The normalized spacial score (nSPS) is 11.4. The highest BCUT2D eigenvalue weighted by Gasteiger charge is 2.24. The maximum absolute atomic E-state index is 2.45. The summed E-state index contributed by atoms with van der Waals surface area (Å²) >= 11 is 0. The molecule has 0 saturated carbocycles. The molecule has 0 aliphatic heterocycles. The minimum Gasteiger partial charge on any atom is -0.310 e. The summed E-state index contributed by atoms with van der Waals surface area (Å²) in [4.78, 5) is 4.80. The Balaban J connectivity index is 1.24. The summed E-state index contributed by atoms with van der Waals surface area (Å²) in [5.74, 6) is 0. The average Bonchev–Trinajstić information content (AvgIpc) is 3.37. The van der Waals surface area contributed by atoms with Crippen molar-refractivity contribution in [2.45, 2.75) is 0 Å². The van der Waals surface area contributed by atoms with E-state index < -0.39 is 0 Å². The standard InChI is InChI=1S/C62H42N2/c1-4-25-46(26-5-1)63(47-27-6-2-7-28-47)49-37-39-56-58(41-49)61(54-34-16-22-43-19-10-13-31-51(43)54)57-40-38-50(42-59(57)62(56)55-35-17-23-44-20-11-14-32-52(44)55)64(48-29-8-3-9-30-48)60-36-18-24-45-21-12-15-33-53(45)60/h1-42H. The quantitative estimate of drug-likeness (QED) is 0.141. The highest BCUT2D eigenvalue weighted by molar-refractivity contribution is 6.26. The summed E-state index contributed by atoms with van der Waals surface area (Å²) in [6.07, 6.45) is 0. The van der Waals surface area contributed by atoms with E-state index in [0.29, 0.717) is 0 Å². The van der Waals surface area contributed by atoms with Crippen molar-refractivity contribution < 1.29 is 0 Å². The third-order valence-corrected chi connectivity index (χ3v) is 12.8. The summed E-state index contributed by atoms with van der Waals surface area (Å²) in [7, 11) is 0. The second-order valence-electron chi connectivity index (χ2n) is 16.4. The van der Waals surface area contributed by atoms with Gasteiger partial charge in [-0.2, -0.15) is 0 Å². The van der Waals surface area contributed by atoms with Crippen molar-refractivity contribution in [3.8, 4) is 22.3 Å². The van der Waals surface area contributed by atoms with Crippen molar-refractivity contribution in [3.63, 3.8) is 0 Å². The van der Waals surface area contributed by atoms with Crippen LogP contribution in [0.1, 0.15) is 0 Å². The minimum absolute atomic E-state index is 1.09. The number of benzene rings is 12. The van der Waals surface area contributed by atoms with Crippen molar-refractivity contribution in [2.75, 3.05) is 9.80 Å². The van der Waals surface area contributed by atoms with Gasteiger partial charge in [0.2, 0.25) is 0 Å². The van der Waals surface area contributed by atoms with Gasteiger partial charge < -0.3 is 9.80 Å². The van der Waals surface area contributed by atoms with Crippen molar-refractivity contribution in [1.82, 2.24) is 0 Å². The molecule has 0 fully saturated rings. The van der Waals surface area contributed by atoms with Gasteiger partial charge in [0, 0.05) is 33.8 Å². The summed E-state index contributed by atoms with van der Waals surface area (Å²) in [6, 6.07) is 93.0. The second kappa shape index (κ2) is 15.8. The Kier molecular flexibility index (Phi) is 9.20. The third kappa shape index (κ3) is 6.35. The molecule has 12 aromatic carbocycles. The molecule has 0 aromatic heterocycles. The number of hydrogen-bond acceptors (Lipinski definition) is 2. The van der Waals surface area contributed by atoms with Crippen LogP contribution >= 0.6 is 0 Å². The maximum Gasteiger partial charge on any atom is 0.0540 e. The molecule has 0 bridgehead atoms. The molecule has 0 saturated heterocycles. The van der Waals surface area contributed by atoms with Gasteiger partial charge in [0.15, 0.2) is 0 Å². The molecule has 0 aliphatic carbocycles. The van der Waals surface area contributed by atoms with E-state index in [4.69, 9.17) is 0 Å². The number of anilines is 6. The molecule has 64 heavy (non-hydrogen) atoms. The van der Waals surface area contributed by atoms with E-state index in [0.717, 1.165) is 34.1 Å². The van der Waals surface area contributed by atoms with E-state index in [1.807, 2.05) is 0 Å². The molecular weight excluding hydrogens is 773 g/mol. The Morgan fingerprint density at radius 2 is 0.562 bits per heavy atom. The minimum atomic E-state index is 1.09. The van der Waals surface area contributed by atoms with Gasteiger partial charge in [0.05, 0.1) is 5.69 Å². The number of nitrogens with zero attached hydrogens (tertiary/aromatic N) is 2. The predicted molar refractivity (Wildman–Crippen MR) is 274 cm³/mol. The van der Waals surface area contributed by atoms with Crippen LogP contribution in [0.25, 0.3) is 76.1 Å². The molecule has 0 atom stereocenters. The SMILES string of the molecule is c1ccc(N(c2ccccc2)c2ccc3c(-c4cccc5ccccc45)c4cc(N(c5ccccc5)c5cccc6ccccc56)ccc4c(-c4cccc5ccccc45)c3c2)cc1. The summed E-state index contributed by atoms with van der Waals surface area (Å²) in [6.45, 7) is 0. The Morgan fingerprint density at radius 1 is 0.203 bits per heavy atom. The lowest BCUT2D eigenvalue weighted by Gasteiger charge is -2.29. The van der Waals surface area contributed by atoms with E-state index >= 15 is 0 Å². The lowest BCUT2D eigenvalue weighted by atomic mass is 9.83. The maximum atomic E-state index is 2.45. The van der Waals surface area contributed by atoms with Crippen LogP contribution in [0, 0.1) is 0 Å². The van der Waals surface area contributed by atoms with Crippen molar-refractivity contribution in [1.29, 1.82) is 0 Å². The van der Waals surface area contributed by atoms with Crippen LogP contribution < -0.4 is 9.80 Å². The molecule has 0 heterocycles. The van der Waals surface area contributed by atoms with Gasteiger partial charge in [-0.3, -0.25) is 0 Å². The molecule has 300 valence electrons. The first kappa shape index (κ1) is 37.3. The largest absolute Gasteiger partial charge is 0.310 e. The first-order valence-electron chi connectivity index (χ1n) is 22.0. The zero-order chi connectivity index (χ0) is 42.4. The topological polar surface area (TPSA) is 6.48 Å². The summed E-state index contributed by atoms with van der Waals surface area (Å²) in [5, 5.41) is 12.1. The first-order chi connectivity index (χ1) is 31.8. The molecule has 12 rings (SSSR count). The molecule has 0 amide bonds. The fourth-order valence-corrected chi connectivity index (χ4v) is 9.96. The van der Waals surface area contributed by atoms with Gasteiger partial charge in [-0.1, -0.05) is 188 Å². The Morgan fingerprint density at radius 3 is 1.05 bits per heavy atom. The number of fused-ring (bicyclic) bond motifs is 5. The Labute approximate surface area is 373 Å².